The molecule has 1 aliphatic heterocycles. The Labute approximate surface area is 97.9 Å². The second-order valence-corrected chi connectivity index (χ2v) is 5.71. The summed E-state index contributed by atoms with van der Waals surface area (Å²) in [5.41, 5.74) is -0.337. The minimum atomic E-state index is -0.337. The third kappa shape index (κ3) is 2.40. The topological polar surface area (TPSA) is 38.3 Å². The van der Waals surface area contributed by atoms with Crippen molar-refractivity contribution in [3.05, 3.63) is 0 Å². The van der Waals surface area contributed by atoms with E-state index < -0.39 is 0 Å². The van der Waals surface area contributed by atoms with Gasteiger partial charge in [0.25, 0.3) is 0 Å². The van der Waals surface area contributed by atoms with Crippen LogP contribution in [0.1, 0.15) is 52.4 Å². The van der Waals surface area contributed by atoms with Gasteiger partial charge in [0.2, 0.25) is 0 Å². The first-order valence-corrected chi connectivity index (χ1v) is 6.57. The molecule has 3 nitrogen and oxygen atoms in total. The van der Waals surface area contributed by atoms with Crippen LogP contribution in [-0.2, 0) is 9.53 Å². The van der Waals surface area contributed by atoms with Crippen molar-refractivity contribution in [1.29, 1.82) is 0 Å². The van der Waals surface area contributed by atoms with Crippen LogP contribution in [-0.4, -0.2) is 24.2 Å². The fourth-order valence-electron chi connectivity index (χ4n) is 3.01. The molecule has 1 spiro atoms. The van der Waals surface area contributed by atoms with Crippen molar-refractivity contribution in [2.24, 2.45) is 5.92 Å². The molecule has 1 heterocycles. The number of nitrogens with one attached hydrogen (secondary N) is 1. The van der Waals surface area contributed by atoms with E-state index in [1.807, 2.05) is 0 Å². The average molecular weight is 225 g/mol. The number of carbonyl (C=O) groups excluding carboxylic acids is 1. The molecule has 0 bridgehead atoms. The molecular weight excluding hydrogens is 202 g/mol. The van der Waals surface area contributed by atoms with Gasteiger partial charge in [-0.1, -0.05) is 33.1 Å². The maximum Gasteiger partial charge on any atom is 0.326 e. The van der Waals surface area contributed by atoms with Crippen molar-refractivity contribution in [1.82, 2.24) is 5.32 Å². The summed E-state index contributed by atoms with van der Waals surface area (Å²) in [4.78, 5) is 11.9. The second-order valence-electron chi connectivity index (χ2n) is 5.71. The molecule has 2 fully saturated rings. The predicted octanol–water partition coefficient (Wildman–Crippen LogP) is 2.25. The Bertz CT molecular complexity index is 257. The van der Waals surface area contributed by atoms with Gasteiger partial charge in [-0.2, -0.15) is 0 Å². The standard InChI is InChI=1S/C13H23NO2/c1-10(2)8-11-9-16-12(15)13(14-11)6-4-3-5-7-13/h10-11,14H,3-9H2,1-2H3/t11-/m1/s1. The van der Waals surface area contributed by atoms with Crippen molar-refractivity contribution < 1.29 is 9.53 Å². The van der Waals surface area contributed by atoms with Crippen molar-refractivity contribution in [2.75, 3.05) is 6.61 Å². The number of cyclic esters (lactones) is 1. The fourth-order valence-corrected chi connectivity index (χ4v) is 3.01. The van der Waals surface area contributed by atoms with Crippen LogP contribution in [0.5, 0.6) is 0 Å². The smallest absolute Gasteiger partial charge is 0.326 e. The first-order chi connectivity index (χ1) is 7.62. The number of esters is 1. The highest BCUT2D eigenvalue weighted by Gasteiger charge is 2.45. The van der Waals surface area contributed by atoms with Gasteiger partial charge in [0.15, 0.2) is 0 Å². The van der Waals surface area contributed by atoms with Crippen LogP contribution in [0.4, 0.5) is 0 Å². The molecule has 1 aliphatic carbocycles. The van der Waals surface area contributed by atoms with Gasteiger partial charge in [-0.05, 0) is 25.2 Å². The molecule has 16 heavy (non-hydrogen) atoms. The quantitative estimate of drug-likeness (QED) is 0.733. The normalized spacial score (nSPS) is 29.4. The summed E-state index contributed by atoms with van der Waals surface area (Å²) in [7, 11) is 0. The van der Waals surface area contributed by atoms with Crippen LogP contribution in [0.2, 0.25) is 0 Å². The largest absolute Gasteiger partial charge is 0.463 e. The molecule has 0 aromatic rings. The number of carbonyl (C=O) groups is 1. The molecule has 1 saturated carbocycles. The van der Waals surface area contributed by atoms with Gasteiger partial charge in [0.1, 0.15) is 12.1 Å². The number of hydrogen-bond acceptors (Lipinski definition) is 3. The van der Waals surface area contributed by atoms with E-state index in [4.69, 9.17) is 4.74 Å². The average Bonchev–Trinajstić information content (AvgIpc) is 2.24. The minimum Gasteiger partial charge on any atom is -0.463 e. The number of rotatable bonds is 2. The summed E-state index contributed by atoms with van der Waals surface area (Å²) in [5.74, 6) is 0.641. The zero-order chi connectivity index (χ0) is 11.6. The molecule has 1 N–H and O–H groups in total. The number of hydrogen-bond donors (Lipinski definition) is 1. The molecular formula is C13H23NO2. The maximum absolute atomic E-state index is 11.9. The van der Waals surface area contributed by atoms with Crippen LogP contribution >= 0.6 is 0 Å². The molecule has 92 valence electrons. The summed E-state index contributed by atoms with van der Waals surface area (Å²) in [5, 5.41) is 3.58. The van der Waals surface area contributed by atoms with Gasteiger partial charge in [-0.15, -0.1) is 0 Å². The molecule has 2 aliphatic rings. The first kappa shape index (κ1) is 11.9. The summed E-state index contributed by atoms with van der Waals surface area (Å²) >= 11 is 0. The van der Waals surface area contributed by atoms with E-state index >= 15 is 0 Å². The highest BCUT2D eigenvalue weighted by molar-refractivity contribution is 5.81. The van der Waals surface area contributed by atoms with E-state index in [0.29, 0.717) is 18.6 Å². The van der Waals surface area contributed by atoms with Gasteiger partial charge in [-0.25, -0.2) is 0 Å². The van der Waals surface area contributed by atoms with E-state index in [-0.39, 0.29) is 11.5 Å². The van der Waals surface area contributed by atoms with Crippen molar-refractivity contribution in [3.63, 3.8) is 0 Å². The number of morpholine rings is 1. The monoisotopic (exact) mass is 225 g/mol. The van der Waals surface area contributed by atoms with Gasteiger partial charge in [0, 0.05) is 6.04 Å². The van der Waals surface area contributed by atoms with E-state index in [2.05, 4.69) is 19.2 Å². The fraction of sp³-hybridized carbons (Fsp3) is 0.923. The van der Waals surface area contributed by atoms with Crippen LogP contribution in [0.25, 0.3) is 0 Å². The van der Waals surface area contributed by atoms with Gasteiger partial charge < -0.3 is 4.74 Å². The lowest BCUT2D eigenvalue weighted by atomic mass is 9.80. The zero-order valence-electron chi connectivity index (χ0n) is 10.4. The summed E-state index contributed by atoms with van der Waals surface area (Å²) in [6, 6.07) is 0.357. The summed E-state index contributed by atoms with van der Waals surface area (Å²) < 4.78 is 5.38. The zero-order valence-corrected chi connectivity index (χ0v) is 10.4. The Morgan fingerprint density at radius 3 is 2.69 bits per heavy atom. The van der Waals surface area contributed by atoms with Crippen molar-refractivity contribution >= 4 is 5.97 Å². The van der Waals surface area contributed by atoms with Gasteiger partial charge in [0.05, 0.1) is 0 Å². The Hall–Kier alpha value is -0.570. The van der Waals surface area contributed by atoms with Gasteiger partial charge in [-0.3, -0.25) is 10.1 Å². The van der Waals surface area contributed by atoms with E-state index in [1.165, 1.54) is 6.42 Å². The highest BCUT2D eigenvalue weighted by Crippen LogP contribution is 2.32. The number of ether oxygens (including phenoxy) is 1. The molecule has 1 atom stereocenters. The van der Waals surface area contributed by atoms with Crippen LogP contribution in [0.15, 0.2) is 0 Å². The summed E-state index contributed by atoms with van der Waals surface area (Å²) in [6.07, 6.45) is 6.56. The third-order valence-corrected chi connectivity index (χ3v) is 3.75. The maximum atomic E-state index is 11.9. The summed E-state index contributed by atoms with van der Waals surface area (Å²) in [6.45, 7) is 4.98. The van der Waals surface area contributed by atoms with Crippen LogP contribution in [0, 0.1) is 5.92 Å². The molecule has 3 heteroatoms. The molecule has 0 amide bonds. The SMILES string of the molecule is CC(C)C[C@@H]1COC(=O)C2(CCCCC2)N1. The van der Waals surface area contributed by atoms with E-state index in [0.717, 1.165) is 32.1 Å². The van der Waals surface area contributed by atoms with Crippen molar-refractivity contribution in [2.45, 2.75) is 64.0 Å². The van der Waals surface area contributed by atoms with Crippen LogP contribution < -0.4 is 5.32 Å². The van der Waals surface area contributed by atoms with E-state index in [1.54, 1.807) is 0 Å². The van der Waals surface area contributed by atoms with Crippen molar-refractivity contribution in [3.8, 4) is 0 Å². The Morgan fingerprint density at radius 2 is 2.06 bits per heavy atom. The lowest BCUT2D eigenvalue weighted by molar-refractivity contribution is -0.161. The molecule has 0 unspecified atom stereocenters. The van der Waals surface area contributed by atoms with E-state index in [9.17, 15) is 4.79 Å². The van der Waals surface area contributed by atoms with Gasteiger partial charge >= 0.3 is 5.97 Å². The first-order valence-electron chi connectivity index (χ1n) is 6.57. The Morgan fingerprint density at radius 1 is 1.38 bits per heavy atom. The third-order valence-electron chi connectivity index (χ3n) is 3.75. The van der Waals surface area contributed by atoms with Crippen LogP contribution in [0.3, 0.4) is 0 Å². The predicted molar refractivity (Wildman–Crippen MR) is 63.2 cm³/mol. The lowest BCUT2D eigenvalue weighted by Gasteiger charge is -2.43. The molecule has 2 rings (SSSR count). The highest BCUT2D eigenvalue weighted by atomic mass is 16.5. The second kappa shape index (κ2) is 4.74. The minimum absolute atomic E-state index is 0.00722. The molecule has 0 aromatic heterocycles. The molecule has 0 aromatic carbocycles. The molecule has 0 radical (unpaired) electrons. The Kier molecular flexibility index (Phi) is 3.53. The lowest BCUT2D eigenvalue weighted by Crippen LogP contribution is -2.63. The Balaban J connectivity index is 2.01. The molecule has 1 saturated heterocycles.